The molecule has 2 N–H and O–H groups in total. The molecule has 4 nitrogen and oxygen atoms in total. The van der Waals surface area contributed by atoms with E-state index in [4.69, 9.17) is 10.5 Å². The van der Waals surface area contributed by atoms with Gasteiger partial charge in [-0.2, -0.15) is 0 Å². The summed E-state index contributed by atoms with van der Waals surface area (Å²) in [6, 6.07) is 4.14. The molecule has 0 atom stereocenters. The van der Waals surface area contributed by atoms with Gasteiger partial charge in [0.25, 0.3) is 5.19 Å². The second kappa shape index (κ2) is 4.81. The molecule has 0 radical (unpaired) electrons. The maximum atomic E-state index is 5.74. The van der Waals surface area contributed by atoms with Crippen LogP contribution in [0.15, 0.2) is 12.1 Å². The van der Waals surface area contributed by atoms with Crippen LogP contribution in [0.4, 0.5) is 0 Å². The van der Waals surface area contributed by atoms with E-state index in [1.807, 2.05) is 19.9 Å². The summed E-state index contributed by atoms with van der Waals surface area (Å²) in [6.45, 7) is 6.55. The molecule has 2 rings (SSSR count). The Hall–Kier alpha value is -1.46. The smallest absolute Gasteiger partial charge is 0.299 e. The van der Waals surface area contributed by atoms with Gasteiger partial charge in [0, 0.05) is 6.54 Å². The summed E-state index contributed by atoms with van der Waals surface area (Å²) in [5, 5.41) is 9.19. The predicted molar refractivity (Wildman–Crippen MR) is 68.5 cm³/mol. The van der Waals surface area contributed by atoms with E-state index in [1.54, 1.807) is 0 Å². The molecule has 0 saturated carbocycles. The van der Waals surface area contributed by atoms with E-state index in [0.717, 1.165) is 16.3 Å². The first kappa shape index (κ1) is 12.0. The molecule has 0 aliphatic rings. The molecular weight excluding hydrogens is 234 g/mol. The Morgan fingerprint density at radius 1 is 1.24 bits per heavy atom. The molecule has 0 aliphatic heterocycles. The molecule has 0 saturated heterocycles. The SMILES string of the molecule is Cc1cc(C)c(C)c(Oc2nnc(CN)s2)c1. The Bertz CT molecular complexity index is 537. The molecule has 0 unspecified atom stereocenters. The lowest BCUT2D eigenvalue weighted by atomic mass is 10.1. The third-order valence-electron chi connectivity index (χ3n) is 2.58. The zero-order valence-corrected chi connectivity index (χ0v) is 11.0. The summed E-state index contributed by atoms with van der Waals surface area (Å²) in [7, 11) is 0. The Kier molecular flexibility index (Phi) is 3.40. The molecule has 0 spiro atoms. The fourth-order valence-corrected chi connectivity index (χ4v) is 2.14. The normalized spacial score (nSPS) is 10.6. The Morgan fingerprint density at radius 2 is 2.00 bits per heavy atom. The second-order valence-electron chi connectivity index (χ2n) is 3.97. The molecule has 0 amide bonds. The van der Waals surface area contributed by atoms with Crippen molar-refractivity contribution in [3.8, 4) is 10.9 Å². The standard InChI is InChI=1S/C12H15N3OS/c1-7-4-8(2)9(3)10(5-7)16-12-15-14-11(6-13)17-12/h4-5H,6,13H2,1-3H3. The molecule has 90 valence electrons. The quantitative estimate of drug-likeness (QED) is 0.908. The van der Waals surface area contributed by atoms with Crippen LogP contribution in [0.5, 0.6) is 10.9 Å². The van der Waals surface area contributed by atoms with Gasteiger partial charge in [0.15, 0.2) is 0 Å². The van der Waals surface area contributed by atoms with Crippen molar-refractivity contribution in [2.45, 2.75) is 27.3 Å². The van der Waals surface area contributed by atoms with Crippen LogP contribution in [0.2, 0.25) is 0 Å². The highest BCUT2D eigenvalue weighted by atomic mass is 32.1. The van der Waals surface area contributed by atoms with Crippen LogP contribution < -0.4 is 10.5 Å². The van der Waals surface area contributed by atoms with Crippen molar-refractivity contribution in [1.82, 2.24) is 10.2 Å². The number of aryl methyl sites for hydroxylation is 2. The Labute approximate surface area is 104 Å². The number of hydrogen-bond donors (Lipinski definition) is 1. The number of nitrogens with zero attached hydrogens (tertiary/aromatic N) is 2. The highest BCUT2D eigenvalue weighted by molar-refractivity contribution is 7.13. The topological polar surface area (TPSA) is 61.0 Å². The van der Waals surface area contributed by atoms with E-state index < -0.39 is 0 Å². The minimum Gasteiger partial charge on any atom is -0.430 e. The van der Waals surface area contributed by atoms with E-state index in [9.17, 15) is 0 Å². The zero-order valence-electron chi connectivity index (χ0n) is 10.2. The largest absolute Gasteiger partial charge is 0.430 e. The van der Waals surface area contributed by atoms with Crippen LogP contribution in [0, 0.1) is 20.8 Å². The van der Waals surface area contributed by atoms with Crippen LogP contribution in [0.25, 0.3) is 0 Å². The number of hydrogen-bond acceptors (Lipinski definition) is 5. The van der Waals surface area contributed by atoms with Crippen LogP contribution in [0.1, 0.15) is 21.7 Å². The van der Waals surface area contributed by atoms with Crippen molar-refractivity contribution >= 4 is 11.3 Å². The van der Waals surface area contributed by atoms with E-state index in [0.29, 0.717) is 11.7 Å². The average Bonchev–Trinajstić information content (AvgIpc) is 2.73. The van der Waals surface area contributed by atoms with E-state index in [-0.39, 0.29) is 0 Å². The molecule has 0 bridgehead atoms. The van der Waals surface area contributed by atoms with Crippen LogP contribution in [-0.2, 0) is 6.54 Å². The van der Waals surface area contributed by atoms with Crippen molar-refractivity contribution in [3.63, 3.8) is 0 Å². The minimum absolute atomic E-state index is 0.396. The third kappa shape index (κ3) is 2.62. The molecule has 1 heterocycles. The number of nitrogens with two attached hydrogens (primary N) is 1. The van der Waals surface area contributed by atoms with Gasteiger partial charge >= 0.3 is 0 Å². The fourth-order valence-electron chi connectivity index (χ4n) is 1.56. The molecule has 1 aromatic heterocycles. The van der Waals surface area contributed by atoms with E-state index in [1.165, 1.54) is 22.5 Å². The summed E-state index contributed by atoms with van der Waals surface area (Å²) < 4.78 is 5.74. The van der Waals surface area contributed by atoms with Crippen LogP contribution in [-0.4, -0.2) is 10.2 Å². The maximum Gasteiger partial charge on any atom is 0.299 e. The van der Waals surface area contributed by atoms with Gasteiger partial charge in [0.1, 0.15) is 10.8 Å². The van der Waals surface area contributed by atoms with Gasteiger partial charge in [-0.05, 0) is 43.5 Å². The molecule has 1 aromatic carbocycles. The number of ether oxygens (including phenoxy) is 1. The summed E-state index contributed by atoms with van der Waals surface area (Å²) in [5.74, 6) is 0.835. The lowest BCUT2D eigenvalue weighted by molar-refractivity contribution is 0.468. The summed E-state index contributed by atoms with van der Waals surface area (Å²) >= 11 is 1.38. The van der Waals surface area contributed by atoms with Crippen molar-refractivity contribution in [2.75, 3.05) is 0 Å². The fraction of sp³-hybridized carbons (Fsp3) is 0.333. The first-order valence-electron chi connectivity index (χ1n) is 5.38. The van der Waals surface area contributed by atoms with Crippen molar-refractivity contribution in [2.24, 2.45) is 5.73 Å². The highest BCUT2D eigenvalue weighted by Crippen LogP contribution is 2.30. The minimum atomic E-state index is 0.396. The van der Waals surface area contributed by atoms with Crippen LogP contribution in [0.3, 0.4) is 0 Å². The molecule has 2 aromatic rings. The Morgan fingerprint density at radius 3 is 2.65 bits per heavy atom. The summed E-state index contributed by atoms with van der Waals surface area (Å²) in [4.78, 5) is 0. The van der Waals surface area contributed by atoms with Gasteiger partial charge < -0.3 is 10.5 Å². The van der Waals surface area contributed by atoms with Gasteiger partial charge in [0.2, 0.25) is 0 Å². The monoisotopic (exact) mass is 249 g/mol. The van der Waals surface area contributed by atoms with Crippen LogP contribution >= 0.6 is 11.3 Å². The van der Waals surface area contributed by atoms with Gasteiger partial charge in [-0.1, -0.05) is 22.5 Å². The van der Waals surface area contributed by atoms with Crippen molar-refractivity contribution < 1.29 is 4.74 Å². The molecular formula is C12H15N3OS. The van der Waals surface area contributed by atoms with E-state index >= 15 is 0 Å². The van der Waals surface area contributed by atoms with E-state index in [2.05, 4.69) is 23.2 Å². The summed E-state index contributed by atoms with van der Waals surface area (Å²) in [6.07, 6.45) is 0. The highest BCUT2D eigenvalue weighted by Gasteiger charge is 2.09. The number of rotatable bonds is 3. The van der Waals surface area contributed by atoms with Crippen molar-refractivity contribution in [3.05, 3.63) is 33.8 Å². The number of aromatic nitrogens is 2. The van der Waals surface area contributed by atoms with Gasteiger partial charge in [0.05, 0.1) is 0 Å². The van der Waals surface area contributed by atoms with Gasteiger partial charge in [-0.3, -0.25) is 0 Å². The molecule has 5 heteroatoms. The van der Waals surface area contributed by atoms with Gasteiger partial charge in [-0.15, -0.1) is 5.10 Å². The van der Waals surface area contributed by atoms with Crippen molar-refractivity contribution in [1.29, 1.82) is 0 Å². The average molecular weight is 249 g/mol. The summed E-state index contributed by atoms with van der Waals surface area (Å²) in [5.41, 5.74) is 9.00. The van der Waals surface area contributed by atoms with Gasteiger partial charge in [-0.25, -0.2) is 0 Å². The zero-order chi connectivity index (χ0) is 12.4. The number of benzene rings is 1. The molecule has 0 aliphatic carbocycles. The first-order chi connectivity index (χ1) is 8.10. The molecule has 17 heavy (non-hydrogen) atoms. The maximum absolute atomic E-state index is 5.74. The first-order valence-corrected chi connectivity index (χ1v) is 6.20. The molecule has 0 fully saturated rings. The lowest BCUT2D eigenvalue weighted by Crippen LogP contribution is -1.94. The third-order valence-corrected chi connectivity index (χ3v) is 3.41. The second-order valence-corrected chi connectivity index (χ2v) is 5.00. The Balaban J connectivity index is 2.29. The lowest BCUT2D eigenvalue weighted by Gasteiger charge is -2.09. The predicted octanol–water partition coefficient (Wildman–Crippen LogP) is 2.71.